The van der Waals surface area contributed by atoms with Crippen molar-refractivity contribution in [3.8, 4) is 0 Å². The Morgan fingerprint density at radius 2 is 2.06 bits per heavy atom. The zero-order valence-corrected chi connectivity index (χ0v) is 11.7. The molecular formula is C12H22N4O2. The molecule has 0 aliphatic rings. The maximum absolute atomic E-state index is 11.2. The molecule has 1 atom stereocenters. The third-order valence-electron chi connectivity index (χ3n) is 2.95. The first-order valence-corrected chi connectivity index (χ1v) is 6.32. The van der Waals surface area contributed by atoms with Gasteiger partial charge in [0, 0.05) is 25.4 Å². The summed E-state index contributed by atoms with van der Waals surface area (Å²) < 4.78 is 1.64. The third-order valence-corrected chi connectivity index (χ3v) is 2.95. The summed E-state index contributed by atoms with van der Waals surface area (Å²) in [6.07, 6.45) is 0.611. The highest BCUT2D eigenvalue weighted by Crippen LogP contribution is 2.29. The molecule has 1 rings (SSSR count). The quantitative estimate of drug-likeness (QED) is 0.622. The molecule has 102 valence electrons. The van der Waals surface area contributed by atoms with Gasteiger partial charge in [-0.2, -0.15) is 5.10 Å². The van der Waals surface area contributed by atoms with E-state index >= 15 is 0 Å². The van der Waals surface area contributed by atoms with E-state index in [2.05, 4.69) is 10.4 Å². The van der Waals surface area contributed by atoms with E-state index in [0.29, 0.717) is 17.8 Å². The number of aromatic nitrogens is 2. The standard InChI is InChI=1S/C12H22N4O2/c1-6-13-9(4)7-10-12(16(17)18)11(8(2)3)14-15(10)5/h8-9,13H,6-7H2,1-5H3. The molecule has 0 radical (unpaired) electrons. The predicted molar refractivity (Wildman–Crippen MR) is 70.8 cm³/mol. The van der Waals surface area contributed by atoms with E-state index in [1.165, 1.54) is 0 Å². The van der Waals surface area contributed by atoms with E-state index in [-0.39, 0.29) is 22.6 Å². The smallest absolute Gasteiger partial charge is 0.313 e. The Morgan fingerprint density at radius 1 is 1.44 bits per heavy atom. The summed E-state index contributed by atoms with van der Waals surface area (Å²) in [7, 11) is 1.77. The number of hydrogen-bond acceptors (Lipinski definition) is 4. The van der Waals surface area contributed by atoms with Crippen LogP contribution in [0.2, 0.25) is 0 Å². The van der Waals surface area contributed by atoms with Gasteiger partial charge in [0.15, 0.2) is 0 Å². The summed E-state index contributed by atoms with van der Waals surface area (Å²) in [5, 5.41) is 18.8. The molecule has 6 heteroatoms. The van der Waals surface area contributed by atoms with Gasteiger partial charge in [-0.25, -0.2) is 0 Å². The summed E-state index contributed by atoms with van der Waals surface area (Å²) in [4.78, 5) is 10.9. The van der Waals surface area contributed by atoms with Crippen molar-refractivity contribution in [1.29, 1.82) is 0 Å². The largest absolute Gasteiger partial charge is 0.314 e. The number of nitrogens with one attached hydrogen (secondary N) is 1. The Kier molecular flexibility index (Phi) is 4.84. The van der Waals surface area contributed by atoms with Crippen LogP contribution in [0, 0.1) is 10.1 Å². The van der Waals surface area contributed by atoms with E-state index in [4.69, 9.17) is 0 Å². The molecular weight excluding hydrogens is 232 g/mol. The van der Waals surface area contributed by atoms with Crippen LogP contribution in [0.25, 0.3) is 0 Å². The molecule has 1 unspecified atom stereocenters. The normalized spacial score (nSPS) is 13.0. The molecule has 0 fully saturated rings. The van der Waals surface area contributed by atoms with Crippen molar-refractivity contribution in [2.45, 2.75) is 46.1 Å². The SMILES string of the molecule is CCNC(C)Cc1c([N+](=O)[O-])c(C(C)C)nn1C. The van der Waals surface area contributed by atoms with Crippen molar-refractivity contribution >= 4 is 5.69 Å². The second-order valence-electron chi connectivity index (χ2n) is 4.88. The molecule has 0 aliphatic heterocycles. The van der Waals surface area contributed by atoms with Crippen molar-refractivity contribution in [1.82, 2.24) is 15.1 Å². The van der Waals surface area contributed by atoms with Gasteiger partial charge in [0.2, 0.25) is 0 Å². The minimum Gasteiger partial charge on any atom is -0.314 e. The van der Waals surface area contributed by atoms with Crippen LogP contribution in [0.4, 0.5) is 5.69 Å². The molecule has 6 nitrogen and oxygen atoms in total. The fourth-order valence-corrected chi connectivity index (χ4v) is 2.10. The first kappa shape index (κ1) is 14.6. The maximum atomic E-state index is 11.2. The molecule has 0 aromatic carbocycles. The van der Waals surface area contributed by atoms with Crippen molar-refractivity contribution in [2.24, 2.45) is 7.05 Å². The van der Waals surface area contributed by atoms with E-state index in [9.17, 15) is 10.1 Å². The monoisotopic (exact) mass is 254 g/mol. The average molecular weight is 254 g/mol. The lowest BCUT2D eigenvalue weighted by atomic mass is 10.1. The molecule has 0 bridgehead atoms. The highest BCUT2D eigenvalue weighted by molar-refractivity contribution is 5.43. The van der Waals surface area contributed by atoms with E-state index in [1.54, 1.807) is 11.7 Å². The fourth-order valence-electron chi connectivity index (χ4n) is 2.10. The van der Waals surface area contributed by atoms with Gasteiger partial charge in [0.05, 0.1) is 4.92 Å². The van der Waals surface area contributed by atoms with Gasteiger partial charge in [-0.15, -0.1) is 0 Å². The van der Waals surface area contributed by atoms with Crippen molar-refractivity contribution in [3.05, 3.63) is 21.5 Å². The molecule has 1 aromatic rings. The van der Waals surface area contributed by atoms with Crippen molar-refractivity contribution in [2.75, 3.05) is 6.54 Å². The van der Waals surface area contributed by atoms with Crippen molar-refractivity contribution in [3.63, 3.8) is 0 Å². The lowest BCUT2D eigenvalue weighted by Crippen LogP contribution is -2.28. The Hall–Kier alpha value is -1.43. The molecule has 0 saturated heterocycles. The molecule has 1 aromatic heterocycles. The minimum absolute atomic E-state index is 0.0554. The molecule has 0 amide bonds. The highest BCUT2D eigenvalue weighted by atomic mass is 16.6. The van der Waals surface area contributed by atoms with Crippen molar-refractivity contribution < 1.29 is 4.92 Å². The second kappa shape index (κ2) is 5.95. The number of rotatable bonds is 6. The van der Waals surface area contributed by atoms with Crippen LogP contribution >= 0.6 is 0 Å². The predicted octanol–water partition coefficient (Wildman–Crippen LogP) is 1.99. The first-order valence-electron chi connectivity index (χ1n) is 6.32. The first-order chi connectivity index (χ1) is 8.38. The third kappa shape index (κ3) is 3.07. The Labute approximate surface area is 108 Å². The lowest BCUT2D eigenvalue weighted by Gasteiger charge is -2.11. The minimum atomic E-state index is -0.309. The summed E-state index contributed by atoms with van der Waals surface area (Å²) in [6.45, 7) is 8.74. The number of likely N-dealkylation sites (N-methyl/N-ethyl adjacent to an activating group) is 1. The molecule has 0 aliphatic carbocycles. The Balaban J connectivity index is 3.13. The van der Waals surface area contributed by atoms with Crippen LogP contribution in [0.15, 0.2) is 0 Å². The lowest BCUT2D eigenvalue weighted by molar-refractivity contribution is -0.386. The highest BCUT2D eigenvalue weighted by Gasteiger charge is 2.28. The van der Waals surface area contributed by atoms with E-state index in [1.807, 2.05) is 27.7 Å². The van der Waals surface area contributed by atoms with Crippen LogP contribution in [0.3, 0.4) is 0 Å². The molecule has 0 saturated carbocycles. The van der Waals surface area contributed by atoms with E-state index in [0.717, 1.165) is 6.54 Å². The van der Waals surface area contributed by atoms with Crippen LogP contribution in [0.5, 0.6) is 0 Å². The maximum Gasteiger partial charge on any atom is 0.313 e. The zero-order valence-electron chi connectivity index (χ0n) is 11.7. The van der Waals surface area contributed by atoms with E-state index < -0.39 is 0 Å². The van der Waals surface area contributed by atoms with Crippen LogP contribution in [-0.4, -0.2) is 27.3 Å². The molecule has 18 heavy (non-hydrogen) atoms. The molecule has 1 N–H and O–H groups in total. The topological polar surface area (TPSA) is 73.0 Å². The van der Waals surface area contributed by atoms with Crippen LogP contribution in [0.1, 0.15) is 45.0 Å². The van der Waals surface area contributed by atoms with Gasteiger partial charge >= 0.3 is 5.69 Å². The number of nitrogens with zero attached hydrogens (tertiary/aromatic N) is 3. The summed E-state index contributed by atoms with van der Waals surface area (Å²) >= 11 is 0. The number of nitro groups is 1. The summed E-state index contributed by atoms with van der Waals surface area (Å²) in [5.74, 6) is 0.0554. The van der Waals surface area contributed by atoms with Crippen LogP contribution < -0.4 is 5.32 Å². The van der Waals surface area contributed by atoms with Gasteiger partial charge in [-0.1, -0.05) is 20.8 Å². The van der Waals surface area contributed by atoms with Gasteiger partial charge in [-0.3, -0.25) is 14.8 Å². The summed E-state index contributed by atoms with van der Waals surface area (Å²) in [5.41, 5.74) is 1.44. The second-order valence-corrected chi connectivity index (χ2v) is 4.88. The zero-order chi connectivity index (χ0) is 13.9. The fraction of sp³-hybridized carbons (Fsp3) is 0.750. The van der Waals surface area contributed by atoms with Gasteiger partial charge in [0.1, 0.15) is 11.4 Å². The van der Waals surface area contributed by atoms with Gasteiger partial charge in [0.25, 0.3) is 0 Å². The Bertz CT molecular complexity index is 426. The average Bonchev–Trinajstić information content (AvgIpc) is 2.57. The molecule has 0 spiro atoms. The Morgan fingerprint density at radius 3 is 2.50 bits per heavy atom. The number of aryl methyl sites for hydroxylation is 1. The molecule has 1 heterocycles. The van der Waals surface area contributed by atoms with Gasteiger partial charge < -0.3 is 5.32 Å². The number of hydrogen-bond donors (Lipinski definition) is 1. The van der Waals surface area contributed by atoms with Gasteiger partial charge in [-0.05, 0) is 13.5 Å². The summed E-state index contributed by atoms with van der Waals surface area (Å²) in [6, 6.07) is 0.198. The van der Waals surface area contributed by atoms with Crippen LogP contribution in [-0.2, 0) is 13.5 Å².